The van der Waals surface area contributed by atoms with Crippen molar-refractivity contribution in [2.45, 2.75) is 58.0 Å². The fourth-order valence-corrected chi connectivity index (χ4v) is 2.69. The minimum atomic E-state index is 0.790. The quantitative estimate of drug-likeness (QED) is 0.608. The Morgan fingerprint density at radius 1 is 1.09 bits per heavy atom. The Morgan fingerprint density at radius 2 is 1.64 bits per heavy atom. The normalized spacial score (nSPS) is 14.5. The average molecular weight is 174 g/mol. The molecule has 0 rings (SSSR count). The SMILES string of the molecule is CCC(CC(C)C)SC(C)C. The third kappa shape index (κ3) is 6.74. The molecule has 11 heavy (non-hydrogen) atoms. The molecule has 0 aromatic rings. The van der Waals surface area contributed by atoms with Gasteiger partial charge in [-0.25, -0.2) is 0 Å². The van der Waals surface area contributed by atoms with Crippen molar-refractivity contribution in [3.05, 3.63) is 0 Å². The van der Waals surface area contributed by atoms with E-state index in [9.17, 15) is 0 Å². The van der Waals surface area contributed by atoms with Gasteiger partial charge in [0.15, 0.2) is 0 Å². The van der Waals surface area contributed by atoms with Crippen LogP contribution >= 0.6 is 11.8 Å². The highest BCUT2D eigenvalue weighted by Gasteiger charge is 2.10. The Kier molecular flexibility index (Phi) is 6.12. The highest BCUT2D eigenvalue weighted by Crippen LogP contribution is 2.25. The molecule has 0 nitrogen and oxygen atoms in total. The van der Waals surface area contributed by atoms with E-state index in [0.717, 1.165) is 16.4 Å². The Labute approximate surface area is 76.1 Å². The van der Waals surface area contributed by atoms with Crippen LogP contribution in [0.15, 0.2) is 0 Å². The molecule has 0 radical (unpaired) electrons. The maximum atomic E-state index is 2.31. The second kappa shape index (κ2) is 5.93. The molecule has 1 unspecified atom stereocenters. The highest BCUT2D eigenvalue weighted by molar-refractivity contribution is 8.00. The first kappa shape index (κ1) is 11.4. The lowest BCUT2D eigenvalue weighted by Gasteiger charge is -2.18. The Morgan fingerprint density at radius 3 is 1.91 bits per heavy atom. The third-order valence-electron chi connectivity index (χ3n) is 1.65. The van der Waals surface area contributed by atoms with Crippen LogP contribution in [0.5, 0.6) is 0 Å². The van der Waals surface area contributed by atoms with Gasteiger partial charge in [0.05, 0.1) is 0 Å². The van der Waals surface area contributed by atoms with E-state index in [0.29, 0.717) is 0 Å². The predicted molar refractivity (Wildman–Crippen MR) is 56.3 cm³/mol. The summed E-state index contributed by atoms with van der Waals surface area (Å²) in [6, 6.07) is 0. The molecule has 0 bridgehead atoms. The van der Waals surface area contributed by atoms with E-state index < -0.39 is 0 Å². The molecule has 0 N–H and O–H groups in total. The molecule has 0 spiro atoms. The summed E-state index contributed by atoms with van der Waals surface area (Å²) in [5.41, 5.74) is 0. The van der Waals surface area contributed by atoms with Crippen molar-refractivity contribution in [3.63, 3.8) is 0 Å². The van der Waals surface area contributed by atoms with E-state index in [4.69, 9.17) is 0 Å². The number of thioether (sulfide) groups is 1. The number of hydrogen-bond donors (Lipinski definition) is 0. The fourth-order valence-electron chi connectivity index (χ4n) is 1.23. The van der Waals surface area contributed by atoms with Crippen molar-refractivity contribution in [1.29, 1.82) is 0 Å². The van der Waals surface area contributed by atoms with Crippen LogP contribution in [0.4, 0.5) is 0 Å². The van der Waals surface area contributed by atoms with Crippen LogP contribution in [-0.4, -0.2) is 10.5 Å². The van der Waals surface area contributed by atoms with E-state index in [2.05, 4.69) is 46.4 Å². The smallest absolute Gasteiger partial charge is 0.00494 e. The Hall–Kier alpha value is 0.350. The molecule has 0 saturated heterocycles. The van der Waals surface area contributed by atoms with Gasteiger partial charge in [0.2, 0.25) is 0 Å². The molecular formula is C10H22S. The summed E-state index contributed by atoms with van der Waals surface area (Å²) in [6.07, 6.45) is 2.69. The van der Waals surface area contributed by atoms with Gasteiger partial charge in [0, 0.05) is 5.25 Å². The molecule has 68 valence electrons. The van der Waals surface area contributed by atoms with Gasteiger partial charge in [-0.05, 0) is 24.0 Å². The van der Waals surface area contributed by atoms with Crippen LogP contribution in [0.2, 0.25) is 0 Å². The summed E-state index contributed by atoms with van der Waals surface area (Å²) in [7, 11) is 0. The van der Waals surface area contributed by atoms with Crippen LogP contribution in [-0.2, 0) is 0 Å². The molecule has 0 aromatic carbocycles. The topological polar surface area (TPSA) is 0 Å². The third-order valence-corrected chi connectivity index (χ3v) is 3.11. The Bertz CT molecular complexity index is 76.9. The maximum Gasteiger partial charge on any atom is 0.00494 e. The van der Waals surface area contributed by atoms with Gasteiger partial charge in [-0.3, -0.25) is 0 Å². The predicted octanol–water partition coefficient (Wildman–Crippen LogP) is 3.95. The van der Waals surface area contributed by atoms with Gasteiger partial charge < -0.3 is 0 Å². The molecule has 0 fully saturated rings. The second-order valence-electron chi connectivity index (χ2n) is 3.84. The Balaban J connectivity index is 3.58. The molecule has 0 saturated carbocycles. The fraction of sp³-hybridized carbons (Fsp3) is 1.00. The first-order chi connectivity index (χ1) is 5.06. The van der Waals surface area contributed by atoms with Gasteiger partial charge in [-0.2, -0.15) is 11.8 Å². The monoisotopic (exact) mass is 174 g/mol. The molecule has 0 aliphatic heterocycles. The van der Waals surface area contributed by atoms with Crippen molar-refractivity contribution in [3.8, 4) is 0 Å². The summed E-state index contributed by atoms with van der Waals surface area (Å²) >= 11 is 2.13. The zero-order chi connectivity index (χ0) is 8.85. The first-order valence-corrected chi connectivity index (χ1v) is 5.66. The van der Waals surface area contributed by atoms with E-state index in [1.54, 1.807) is 0 Å². The molecule has 0 heterocycles. The largest absolute Gasteiger partial charge is 0.156 e. The zero-order valence-electron chi connectivity index (χ0n) is 8.55. The number of hydrogen-bond acceptors (Lipinski definition) is 1. The van der Waals surface area contributed by atoms with Gasteiger partial charge >= 0.3 is 0 Å². The van der Waals surface area contributed by atoms with Crippen LogP contribution in [0.25, 0.3) is 0 Å². The van der Waals surface area contributed by atoms with Crippen molar-refractivity contribution in [1.82, 2.24) is 0 Å². The van der Waals surface area contributed by atoms with Gasteiger partial charge in [0.25, 0.3) is 0 Å². The van der Waals surface area contributed by atoms with Gasteiger partial charge in [-0.15, -0.1) is 0 Å². The van der Waals surface area contributed by atoms with Crippen molar-refractivity contribution >= 4 is 11.8 Å². The summed E-state index contributed by atoms with van der Waals surface area (Å²) in [5, 5.41) is 1.67. The van der Waals surface area contributed by atoms with Crippen LogP contribution in [0.1, 0.15) is 47.5 Å². The van der Waals surface area contributed by atoms with E-state index in [1.807, 2.05) is 0 Å². The molecule has 1 atom stereocenters. The molecular weight excluding hydrogens is 152 g/mol. The average Bonchev–Trinajstić information content (AvgIpc) is 1.84. The molecule has 0 aliphatic rings. The standard InChI is InChI=1S/C10H22S/c1-6-10(7-8(2)3)11-9(4)5/h8-10H,6-7H2,1-5H3. The van der Waals surface area contributed by atoms with E-state index >= 15 is 0 Å². The van der Waals surface area contributed by atoms with Gasteiger partial charge in [0.1, 0.15) is 0 Å². The van der Waals surface area contributed by atoms with Crippen molar-refractivity contribution < 1.29 is 0 Å². The minimum Gasteiger partial charge on any atom is -0.156 e. The maximum absolute atomic E-state index is 2.31. The van der Waals surface area contributed by atoms with Crippen LogP contribution < -0.4 is 0 Å². The zero-order valence-corrected chi connectivity index (χ0v) is 9.37. The summed E-state index contributed by atoms with van der Waals surface area (Å²) in [4.78, 5) is 0. The summed E-state index contributed by atoms with van der Waals surface area (Å²) in [6.45, 7) is 11.5. The minimum absolute atomic E-state index is 0.790. The lowest BCUT2D eigenvalue weighted by Crippen LogP contribution is -2.08. The second-order valence-corrected chi connectivity index (χ2v) is 5.73. The molecule has 1 heteroatoms. The van der Waals surface area contributed by atoms with Crippen molar-refractivity contribution in [2.75, 3.05) is 0 Å². The van der Waals surface area contributed by atoms with E-state index in [-0.39, 0.29) is 0 Å². The molecule has 0 amide bonds. The lowest BCUT2D eigenvalue weighted by molar-refractivity contribution is 0.559. The highest BCUT2D eigenvalue weighted by atomic mass is 32.2. The van der Waals surface area contributed by atoms with Crippen molar-refractivity contribution in [2.24, 2.45) is 5.92 Å². The first-order valence-electron chi connectivity index (χ1n) is 4.71. The lowest BCUT2D eigenvalue weighted by atomic mass is 10.1. The van der Waals surface area contributed by atoms with Crippen LogP contribution in [0.3, 0.4) is 0 Å². The molecule has 0 aromatic heterocycles. The number of rotatable bonds is 5. The summed E-state index contributed by atoms with van der Waals surface area (Å²) in [5.74, 6) is 0.853. The van der Waals surface area contributed by atoms with E-state index in [1.165, 1.54) is 12.8 Å². The summed E-state index contributed by atoms with van der Waals surface area (Å²) < 4.78 is 0. The molecule has 0 aliphatic carbocycles. The van der Waals surface area contributed by atoms with Crippen LogP contribution in [0, 0.1) is 5.92 Å². The van der Waals surface area contributed by atoms with Gasteiger partial charge in [-0.1, -0.05) is 34.6 Å².